The summed E-state index contributed by atoms with van der Waals surface area (Å²) in [6, 6.07) is 6.94. The van der Waals surface area contributed by atoms with Crippen LogP contribution in [0.1, 0.15) is 28.5 Å². The van der Waals surface area contributed by atoms with E-state index >= 15 is 0 Å². The lowest BCUT2D eigenvalue weighted by Gasteiger charge is -2.22. The third kappa shape index (κ3) is 4.93. The molecular formula is C19H23N3O5S. The van der Waals surface area contributed by atoms with Crippen LogP contribution in [0.25, 0.3) is 0 Å². The molecule has 0 aliphatic heterocycles. The van der Waals surface area contributed by atoms with Crippen molar-refractivity contribution in [1.29, 1.82) is 0 Å². The van der Waals surface area contributed by atoms with E-state index in [1.165, 1.54) is 37.5 Å². The molecule has 0 bridgehead atoms. The Balaban J connectivity index is 2.17. The molecule has 0 spiro atoms. The van der Waals surface area contributed by atoms with E-state index in [2.05, 4.69) is 15.6 Å². The lowest BCUT2D eigenvalue weighted by atomic mass is 10.1. The Morgan fingerprint density at radius 1 is 1.18 bits per heavy atom. The molecule has 2 rings (SSSR count). The summed E-state index contributed by atoms with van der Waals surface area (Å²) in [6.07, 6.45) is 1.43. The Kier molecular flexibility index (Phi) is 6.20. The molecule has 1 aromatic carbocycles. The van der Waals surface area contributed by atoms with Gasteiger partial charge in [0.05, 0.1) is 22.5 Å². The zero-order valence-corrected chi connectivity index (χ0v) is 16.9. The molecular weight excluding hydrogens is 382 g/mol. The molecule has 0 aliphatic carbocycles. The number of pyridine rings is 1. The number of hydrogen-bond acceptors (Lipinski definition) is 6. The van der Waals surface area contributed by atoms with Gasteiger partial charge >= 0.3 is 0 Å². The van der Waals surface area contributed by atoms with Gasteiger partial charge in [-0.05, 0) is 56.7 Å². The number of carbonyl (C=O) groups is 2. The summed E-state index contributed by atoms with van der Waals surface area (Å²) in [4.78, 5) is 28.0. The van der Waals surface area contributed by atoms with E-state index in [9.17, 15) is 23.1 Å². The van der Waals surface area contributed by atoms with E-state index in [4.69, 9.17) is 0 Å². The summed E-state index contributed by atoms with van der Waals surface area (Å²) in [5, 5.41) is 15.4. The topological polar surface area (TPSA) is 125 Å². The molecule has 2 aromatic rings. The number of aromatic nitrogens is 1. The predicted molar refractivity (Wildman–Crippen MR) is 105 cm³/mol. The van der Waals surface area contributed by atoms with Gasteiger partial charge in [0.1, 0.15) is 0 Å². The maximum atomic E-state index is 12.6. The number of carbonyl (C=O) groups excluding carboxylic acids is 2. The van der Waals surface area contributed by atoms with Crippen LogP contribution >= 0.6 is 0 Å². The second-order valence-corrected chi connectivity index (χ2v) is 8.71. The van der Waals surface area contributed by atoms with Gasteiger partial charge in [-0.25, -0.2) is 8.42 Å². The number of aryl methyl sites for hydroxylation is 2. The standard InChI is InChI=1S/C19H23N3O5S/c1-12-9-15(10-21-13(12)2)22-18(24)19(3,25)11-28(26,27)16-7-5-14(6-8-16)17(23)20-4/h5-10,25H,11H2,1-4H3,(H,20,23)(H,22,24). The molecule has 0 saturated carbocycles. The molecule has 8 nitrogen and oxygen atoms in total. The summed E-state index contributed by atoms with van der Waals surface area (Å²) in [5.74, 6) is -2.02. The monoisotopic (exact) mass is 405 g/mol. The first-order chi connectivity index (χ1) is 13.0. The van der Waals surface area contributed by atoms with Gasteiger partial charge in [-0.3, -0.25) is 14.6 Å². The minimum absolute atomic E-state index is 0.0962. The first kappa shape index (κ1) is 21.5. The van der Waals surface area contributed by atoms with Crippen molar-refractivity contribution in [2.45, 2.75) is 31.3 Å². The average molecular weight is 405 g/mol. The number of nitrogens with zero attached hydrogens (tertiary/aromatic N) is 1. The van der Waals surface area contributed by atoms with Crippen LogP contribution in [-0.4, -0.2) is 48.7 Å². The number of benzene rings is 1. The van der Waals surface area contributed by atoms with Gasteiger partial charge in [0.25, 0.3) is 11.8 Å². The van der Waals surface area contributed by atoms with E-state index in [-0.39, 0.29) is 10.8 Å². The van der Waals surface area contributed by atoms with E-state index in [1.54, 1.807) is 6.07 Å². The van der Waals surface area contributed by atoms with Crippen molar-refractivity contribution < 1.29 is 23.1 Å². The van der Waals surface area contributed by atoms with Gasteiger partial charge in [-0.1, -0.05) is 0 Å². The van der Waals surface area contributed by atoms with E-state index in [0.717, 1.165) is 18.2 Å². The Labute approximate surface area is 163 Å². The number of amides is 2. The van der Waals surface area contributed by atoms with Crippen LogP contribution in [-0.2, 0) is 14.6 Å². The van der Waals surface area contributed by atoms with Gasteiger partial charge in [0.15, 0.2) is 15.4 Å². The SMILES string of the molecule is CNC(=O)c1ccc(S(=O)(=O)CC(C)(O)C(=O)Nc2cnc(C)c(C)c2)cc1. The van der Waals surface area contributed by atoms with Crippen molar-refractivity contribution in [3.05, 3.63) is 53.3 Å². The third-order valence-corrected chi connectivity index (χ3v) is 6.19. The summed E-state index contributed by atoms with van der Waals surface area (Å²) >= 11 is 0. The van der Waals surface area contributed by atoms with Gasteiger partial charge in [0, 0.05) is 18.3 Å². The number of sulfone groups is 1. The molecule has 1 heterocycles. The molecule has 3 N–H and O–H groups in total. The number of aliphatic hydroxyl groups is 1. The predicted octanol–water partition coefficient (Wildman–Crippen LogP) is 1.22. The zero-order valence-electron chi connectivity index (χ0n) is 16.1. The summed E-state index contributed by atoms with van der Waals surface area (Å²) < 4.78 is 25.2. The lowest BCUT2D eigenvalue weighted by molar-refractivity contribution is -0.130. The number of anilines is 1. The molecule has 0 radical (unpaired) electrons. The second-order valence-electron chi connectivity index (χ2n) is 6.72. The van der Waals surface area contributed by atoms with Crippen LogP contribution in [0.3, 0.4) is 0 Å². The first-order valence-corrected chi connectivity index (χ1v) is 10.1. The van der Waals surface area contributed by atoms with E-state index in [0.29, 0.717) is 11.3 Å². The Morgan fingerprint density at radius 3 is 2.32 bits per heavy atom. The van der Waals surface area contributed by atoms with Crippen LogP contribution in [0.15, 0.2) is 41.4 Å². The molecule has 28 heavy (non-hydrogen) atoms. The number of rotatable bonds is 6. The molecule has 0 saturated heterocycles. The van der Waals surface area contributed by atoms with Gasteiger partial charge in [-0.15, -0.1) is 0 Å². The molecule has 1 unspecified atom stereocenters. The van der Waals surface area contributed by atoms with Gasteiger partial charge < -0.3 is 15.7 Å². The molecule has 0 aliphatic rings. The van der Waals surface area contributed by atoms with E-state index < -0.39 is 27.1 Å². The molecule has 9 heteroatoms. The van der Waals surface area contributed by atoms with Crippen LogP contribution < -0.4 is 10.6 Å². The molecule has 2 amide bonds. The van der Waals surface area contributed by atoms with Crippen LogP contribution in [0, 0.1) is 13.8 Å². The first-order valence-electron chi connectivity index (χ1n) is 8.48. The summed E-state index contributed by atoms with van der Waals surface area (Å²) in [7, 11) is -2.51. The largest absolute Gasteiger partial charge is 0.379 e. The quantitative estimate of drug-likeness (QED) is 0.664. The Bertz CT molecular complexity index is 999. The van der Waals surface area contributed by atoms with Gasteiger partial charge in [0.2, 0.25) is 0 Å². The number of hydrogen-bond donors (Lipinski definition) is 3. The minimum Gasteiger partial charge on any atom is -0.379 e. The number of nitrogens with one attached hydrogen (secondary N) is 2. The van der Waals surface area contributed by atoms with Crippen LogP contribution in [0.4, 0.5) is 5.69 Å². The minimum atomic E-state index is -3.98. The summed E-state index contributed by atoms with van der Waals surface area (Å²) in [5.41, 5.74) is 0.139. The van der Waals surface area contributed by atoms with Crippen LogP contribution in [0.2, 0.25) is 0 Å². The fraction of sp³-hybridized carbons (Fsp3) is 0.316. The van der Waals surface area contributed by atoms with Crippen molar-refractivity contribution in [2.75, 3.05) is 18.1 Å². The average Bonchev–Trinajstić information content (AvgIpc) is 2.63. The van der Waals surface area contributed by atoms with E-state index in [1.807, 2.05) is 13.8 Å². The zero-order chi connectivity index (χ0) is 21.1. The normalized spacial score (nSPS) is 13.5. The smallest absolute Gasteiger partial charge is 0.257 e. The van der Waals surface area contributed by atoms with Crippen molar-refractivity contribution in [3.8, 4) is 0 Å². The van der Waals surface area contributed by atoms with Crippen LogP contribution in [0.5, 0.6) is 0 Å². The van der Waals surface area contributed by atoms with Gasteiger partial charge in [-0.2, -0.15) is 0 Å². The maximum Gasteiger partial charge on any atom is 0.257 e. The van der Waals surface area contributed by atoms with Crippen molar-refractivity contribution in [3.63, 3.8) is 0 Å². The van der Waals surface area contributed by atoms with Crippen molar-refractivity contribution in [2.24, 2.45) is 0 Å². The highest BCUT2D eigenvalue weighted by Crippen LogP contribution is 2.20. The second kappa shape index (κ2) is 8.07. The highest BCUT2D eigenvalue weighted by atomic mass is 32.2. The molecule has 1 aromatic heterocycles. The fourth-order valence-electron chi connectivity index (χ4n) is 2.45. The third-order valence-electron chi connectivity index (χ3n) is 4.26. The molecule has 1 atom stereocenters. The fourth-order valence-corrected chi connectivity index (χ4v) is 4.04. The molecule has 0 fully saturated rings. The lowest BCUT2D eigenvalue weighted by Crippen LogP contribution is -2.45. The Morgan fingerprint density at radius 2 is 1.79 bits per heavy atom. The highest BCUT2D eigenvalue weighted by Gasteiger charge is 2.36. The Hall–Kier alpha value is -2.78. The molecule has 150 valence electrons. The van der Waals surface area contributed by atoms with Crippen molar-refractivity contribution >= 4 is 27.3 Å². The van der Waals surface area contributed by atoms with Crippen molar-refractivity contribution in [1.82, 2.24) is 10.3 Å². The summed E-state index contributed by atoms with van der Waals surface area (Å²) in [6.45, 7) is 4.77. The highest BCUT2D eigenvalue weighted by molar-refractivity contribution is 7.91. The maximum absolute atomic E-state index is 12.6.